The van der Waals surface area contributed by atoms with Gasteiger partial charge in [0, 0.05) is 22.2 Å². The van der Waals surface area contributed by atoms with E-state index in [1.54, 1.807) is 24.3 Å². The number of ether oxygens (including phenoxy) is 1. The Morgan fingerprint density at radius 2 is 1.94 bits per heavy atom. The van der Waals surface area contributed by atoms with E-state index in [2.05, 4.69) is 20.6 Å². The molecule has 7 nitrogen and oxygen atoms in total. The highest BCUT2D eigenvalue weighted by Gasteiger charge is 2.13. The van der Waals surface area contributed by atoms with Crippen LogP contribution in [0.15, 0.2) is 54.6 Å². The quantitative estimate of drug-likeness (QED) is 0.442. The van der Waals surface area contributed by atoms with Crippen molar-refractivity contribution in [2.75, 3.05) is 13.2 Å². The first-order valence-corrected chi connectivity index (χ1v) is 9.70. The summed E-state index contributed by atoms with van der Waals surface area (Å²) in [5.41, 5.74) is 1.14. The maximum absolute atomic E-state index is 13.8. The highest BCUT2D eigenvalue weighted by molar-refractivity contribution is 6.31. The average molecular weight is 444 g/mol. The van der Waals surface area contributed by atoms with Gasteiger partial charge in [0.05, 0.1) is 13.0 Å². The molecule has 0 atom stereocenters. The van der Waals surface area contributed by atoms with Gasteiger partial charge in [0.15, 0.2) is 11.5 Å². The van der Waals surface area contributed by atoms with Crippen LogP contribution in [0.3, 0.4) is 0 Å². The van der Waals surface area contributed by atoms with Crippen molar-refractivity contribution < 1.29 is 18.3 Å². The van der Waals surface area contributed by atoms with E-state index in [-0.39, 0.29) is 41.9 Å². The van der Waals surface area contributed by atoms with Crippen molar-refractivity contribution >= 4 is 23.2 Å². The van der Waals surface area contributed by atoms with Crippen molar-refractivity contribution in [2.45, 2.75) is 6.42 Å². The Labute approximate surface area is 180 Å². The molecule has 1 N–H and O–H groups in total. The second-order valence-corrected chi connectivity index (χ2v) is 6.96. The van der Waals surface area contributed by atoms with E-state index in [4.69, 9.17) is 16.3 Å². The first-order chi connectivity index (χ1) is 15.0. The minimum absolute atomic E-state index is 0.132. The van der Waals surface area contributed by atoms with E-state index in [1.165, 1.54) is 34.8 Å². The van der Waals surface area contributed by atoms with Crippen molar-refractivity contribution in [3.63, 3.8) is 0 Å². The number of halogens is 3. The zero-order valence-corrected chi connectivity index (χ0v) is 16.8. The summed E-state index contributed by atoms with van der Waals surface area (Å²) in [6.45, 7) is 0.316. The molecule has 0 aliphatic heterocycles. The van der Waals surface area contributed by atoms with Crippen LogP contribution in [-0.4, -0.2) is 38.9 Å². The number of fused-ring (bicyclic) bond motifs is 1. The summed E-state index contributed by atoms with van der Waals surface area (Å²) in [7, 11) is 0. The van der Waals surface area contributed by atoms with E-state index < -0.39 is 11.6 Å². The van der Waals surface area contributed by atoms with Gasteiger partial charge in [-0.15, -0.1) is 15.3 Å². The Morgan fingerprint density at radius 3 is 2.74 bits per heavy atom. The molecule has 0 unspecified atom stereocenters. The van der Waals surface area contributed by atoms with E-state index in [9.17, 15) is 13.6 Å². The fraction of sp³-hybridized carbons (Fsp3) is 0.143. The number of hydrogen-bond acceptors (Lipinski definition) is 5. The van der Waals surface area contributed by atoms with Gasteiger partial charge in [0.2, 0.25) is 11.8 Å². The lowest BCUT2D eigenvalue weighted by molar-refractivity contribution is -0.120. The normalized spacial score (nSPS) is 10.9. The molecule has 1 amide bonds. The van der Waals surface area contributed by atoms with Crippen molar-refractivity contribution in [1.29, 1.82) is 0 Å². The van der Waals surface area contributed by atoms with E-state index in [0.29, 0.717) is 17.0 Å². The van der Waals surface area contributed by atoms with Crippen LogP contribution in [0, 0.1) is 11.6 Å². The molecule has 0 spiro atoms. The molecule has 0 aliphatic rings. The predicted molar refractivity (Wildman–Crippen MR) is 110 cm³/mol. The van der Waals surface area contributed by atoms with E-state index in [1.807, 2.05) is 0 Å². The van der Waals surface area contributed by atoms with Crippen LogP contribution < -0.4 is 10.1 Å². The van der Waals surface area contributed by atoms with Gasteiger partial charge in [-0.3, -0.25) is 4.79 Å². The summed E-state index contributed by atoms with van der Waals surface area (Å²) in [6.07, 6.45) is -0.173. The summed E-state index contributed by atoms with van der Waals surface area (Å²) in [4.78, 5) is 12.0. The Hall–Kier alpha value is -3.59. The molecule has 0 bridgehead atoms. The van der Waals surface area contributed by atoms with Crippen molar-refractivity contribution in [2.24, 2.45) is 0 Å². The molecule has 0 aliphatic carbocycles. The van der Waals surface area contributed by atoms with Crippen LogP contribution in [-0.2, 0) is 11.2 Å². The number of benzene rings is 2. The second-order valence-electron chi connectivity index (χ2n) is 6.55. The summed E-state index contributed by atoms with van der Waals surface area (Å²) >= 11 is 5.93. The molecule has 4 rings (SSSR count). The predicted octanol–water partition coefficient (Wildman–Crippen LogP) is 3.46. The molecule has 0 fully saturated rings. The van der Waals surface area contributed by atoms with Crippen LogP contribution in [0.1, 0.15) is 5.56 Å². The van der Waals surface area contributed by atoms with Crippen molar-refractivity contribution in [1.82, 2.24) is 25.1 Å². The number of rotatable bonds is 7. The zero-order valence-electron chi connectivity index (χ0n) is 16.1. The maximum Gasteiger partial charge on any atom is 0.231 e. The lowest BCUT2D eigenvalue weighted by Crippen LogP contribution is -2.29. The number of nitrogens with one attached hydrogen (secondary N) is 1. The zero-order chi connectivity index (χ0) is 21.8. The van der Waals surface area contributed by atoms with Crippen molar-refractivity contribution in [3.8, 4) is 17.3 Å². The number of aromatic nitrogens is 4. The molecule has 2 aromatic heterocycles. The van der Waals surface area contributed by atoms with Crippen molar-refractivity contribution in [3.05, 3.63) is 76.8 Å². The fourth-order valence-corrected chi connectivity index (χ4v) is 3.16. The highest BCUT2D eigenvalue weighted by atomic mass is 35.5. The van der Waals surface area contributed by atoms with E-state index >= 15 is 0 Å². The fourth-order valence-electron chi connectivity index (χ4n) is 2.93. The third-order valence-corrected chi connectivity index (χ3v) is 4.75. The van der Waals surface area contributed by atoms with Crippen LogP contribution >= 0.6 is 11.6 Å². The largest absolute Gasteiger partial charge is 0.475 e. The van der Waals surface area contributed by atoms with Crippen LogP contribution in [0.2, 0.25) is 5.02 Å². The number of amides is 1. The lowest BCUT2D eigenvalue weighted by Gasteiger charge is -2.09. The van der Waals surface area contributed by atoms with Gasteiger partial charge in [-0.25, -0.2) is 8.78 Å². The standard InChI is InChI=1S/C21H16ClF2N5O2/c22-16-5-2-6-17(24)15(16)12-19(30)25-9-10-31-20-8-7-18-26-27-21(29(18)28-20)13-3-1-4-14(23)11-13/h1-8,11H,9-10,12H2,(H,25,30). The third kappa shape index (κ3) is 4.77. The van der Waals surface area contributed by atoms with Crippen LogP contribution in [0.5, 0.6) is 5.88 Å². The molecule has 158 valence electrons. The Bertz CT molecular complexity index is 1230. The number of hydrogen-bond donors (Lipinski definition) is 1. The second kappa shape index (κ2) is 9.05. The number of nitrogens with zero attached hydrogens (tertiary/aromatic N) is 4. The molecule has 4 aromatic rings. The number of carbonyl (C=O) groups excluding carboxylic acids is 1. The molecule has 31 heavy (non-hydrogen) atoms. The SMILES string of the molecule is O=C(Cc1c(F)cccc1Cl)NCCOc1ccc2nnc(-c3cccc(F)c3)n2n1. The Morgan fingerprint density at radius 1 is 1.10 bits per heavy atom. The Kier molecular flexibility index (Phi) is 6.03. The van der Waals surface area contributed by atoms with Crippen LogP contribution in [0.25, 0.3) is 17.0 Å². The Balaban J connectivity index is 1.36. The lowest BCUT2D eigenvalue weighted by atomic mass is 10.1. The van der Waals surface area contributed by atoms with Gasteiger partial charge in [-0.1, -0.05) is 29.8 Å². The topological polar surface area (TPSA) is 81.4 Å². The number of carbonyl (C=O) groups is 1. The first kappa shape index (κ1) is 20.7. The molecular weight excluding hydrogens is 428 g/mol. The molecule has 0 saturated heterocycles. The minimum Gasteiger partial charge on any atom is -0.475 e. The molecule has 0 saturated carbocycles. The summed E-state index contributed by atoms with van der Waals surface area (Å²) in [6, 6.07) is 13.5. The first-order valence-electron chi connectivity index (χ1n) is 9.32. The summed E-state index contributed by atoms with van der Waals surface area (Å²) in [5.74, 6) is -0.661. The van der Waals surface area contributed by atoms with Gasteiger partial charge < -0.3 is 10.1 Å². The van der Waals surface area contributed by atoms with E-state index in [0.717, 1.165) is 0 Å². The molecule has 2 heterocycles. The van der Waals surface area contributed by atoms with Gasteiger partial charge in [-0.05, 0) is 30.3 Å². The monoisotopic (exact) mass is 443 g/mol. The smallest absolute Gasteiger partial charge is 0.231 e. The minimum atomic E-state index is -0.528. The van der Waals surface area contributed by atoms with Gasteiger partial charge in [0.1, 0.15) is 18.2 Å². The molecular formula is C21H16ClF2N5O2. The third-order valence-electron chi connectivity index (χ3n) is 4.39. The highest BCUT2D eigenvalue weighted by Crippen LogP contribution is 2.20. The molecule has 0 radical (unpaired) electrons. The average Bonchev–Trinajstić information content (AvgIpc) is 3.17. The summed E-state index contributed by atoms with van der Waals surface area (Å²) in [5, 5.41) is 15.2. The maximum atomic E-state index is 13.8. The molecule has 2 aromatic carbocycles. The van der Waals surface area contributed by atoms with Gasteiger partial charge in [-0.2, -0.15) is 4.52 Å². The molecule has 10 heteroatoms. The van der Waals surface area contributed by atoms with Gasteiger partial charge in [0.25, 0.3) is 0 Å². The van der Waals surface area contributed by atoms with Gasteiger partial charge >= 0.3 is 0 Å². The van der Waals surface area contributed by atoms with Crippen LogP contribution in [0.4, 0.5) is 8.78 Å². The summed E-state index contributed by atoms with van der Waals surface area (Å²) < 4.78 is 34.3.